The van der Waals surface area contributed by atoms with Gasteiger partial charge in [0.25, 0.3) is 0 Å². The Bertz CT molecular complexity index is 557. The lowest BCUT2D eigenvalue weighted by atomic mass is 10.2. The molecule has 0 saturated carbocycles. The van der Waals surface area contributed by atoms with E-state index in [2.05, 4.69) is 4.98 Å². The van der Waals surface area contributed by atoms with Gasteiger partial charge in [-0.1, -0.05) is 18.2 Å². The highest BCUT2D eigenvalue weighted by Gasteiger charge is 2.17. The van der Waals surface area contributed by atoms with Crippen molar-refractivity contribution >= 4 is 5.88 Å². The predicted molar refractivity (Wildman–Crippen MR) is 67.0 cm³/mol. The number of nitrogens with zero attached hydrogens (tertiary/aromatic N) is 3. The Morgan fingerprint density at radius 1 is 1.39 bits per heavy atom. The van der Waals surface area contributed by atoms with Crippen LogP contribution in [0.3, 0.4) is 0 Å². The fourth-order valence-electron chi connectivity index (χ4n) is 1.60. The number of likely N-dealkylation sites (N-methyl/N-ethyl adjacent to an activating group) is 1. The van der Waals surface area contributed by atoms with Crippen molar-refractivity contribution in [1.29, 1.82) is 5.26 Å². The SMILES string of the molecule is CN(CCO)c1oc(-c2ccccc2)nc1C#N. The molecule has 0 radical (unpaired) electrons. The summed E-state index contributed by atoms with van der Waals surface area (Å²) < 4.78 is 5.59. The van der Waals surface area contributed by atoms with Gasteiger partial charge in [-0.3, -0.25) is 0 Å². The summed E-state index contributed by atoms with van der Waals surface area (Å²) in [6.45, 7) is 0.376. The molecule has 5 heteroatoms. The second kappa shape index (κ2) is 5.34. The Morgan fingerprint density at radius 2 is 2.11 bits per heavy atom. The smallest absolute Gasteiger partial charge is 0.234 e. The van der Waals surface area contributed by atoms with Crippen LogP contribution < -0.4 is 4.90 Å². The highest BCUT2D eigenvalue weighted by atomic mass is 16.4. The molecule has 0 fully saturated rings. The van der Waals surface area contributed by atoms with E-state index in [9.17, 15) is 0 Å². The number of anilines is 1. The Hall–Kier alpha value is -2.32. The van der Waals surface area contributed by atoms with Crippen LogP contribution in [-0.4, -0.2) is 30.3 Å². The van der Waals surface area contributed by atoms with Crippen LogP contribution in [0.1, 0.15) is 5.69 Å². The average Bonchev–Trinajstić information content (AvgIpc) is 2.84. The number of aromatic nitrogens is 1. The number of hydrogen-bond donors (Lipinski definition) is 1. The minimum absolute atomic E-state index is 0.0112. The minimum atomic E-state index is -0.0112. The van der Waals surface area contributed by atoms with E-state index in [0.29, 0.717) is 18.3 Å². The molecule has 0 aliphatic heterocycles. The topological polar surface area (TPSA) is 73.3 Å². The van der Waals surface area contributed by atoms with Crippen molar-refractivity contribution in [3.05, 3.63) is 36.0 Å². The monoisotopic (exact) mass is 243 g/mol. The maximum Gasteiger partial charge on any atom is 0.234 e. The van der Waals surface area contributed by atoms with Crippen LogP contribution in [0.25, 0.3) is 11.5 Å². The zero-order chi connectivity index (χ0) is 13.0. The molecule has 0 saturated heterocycles. The van der Waals surface area contributed by atoms with Gasteiger partial charge in [-0.2, -0.15) is 10.2 Å². The summed E-state index contributed by atoms with van der Waals surface area (Å²) in [4.78, 5) is 5.82. The van der Waals surface area contributed by atoms with Gasteiger partial charge in [-0.15, -0.1) is 0 Å². The lowest BCUT2D eigenvalue weighted by Crippen LogP contribution is -2.21. The summed E-state index contributed by atoms with van der Waals surface area (Å²) in [6.07, 6.45) is 0. The molecule has 2 rings (SSSR count). The number of aliphatic hydroxyl groups excluding tert-OH is 1. The largest absolute Gasteiger partial charge is 0.419 e. The molecule has 1 heterocycles. The first-order valence-electron chi connectivity index (χ1n) is 5.54. The van der Waals surface area contributed by atoms with E-state index < -0.39 is 0 Å². The third kappa shape index (κ3) is 2.34. The number of aliphatic hydroxyl groups is 1. The number of benzene rings is 1. The Kier molecular flexibility index (Phi) is 3.60. The molecule has 0 aliphatic carbocycles. The van der Waals surface area contributed by atoms with Crippen molar-refractivity contribution in [3.63, 3.8) is 0 Å². The van der Waals surface area contributed by atoms with Crippen LogP contribution in [-0.2, 0) is 0 Å². The summed E-state index contributed by atoms with van der Waals surface area (Å²) >= 11 is 0. The first-order valence-corrected chi connectivity index (χ1v) is 5.54. The van der Waals surface area contributed by atoms with Crippen molar-refractivity contribution in [2.45, 2.75) is 0 Å². The summed E-state index contributed by atoms with van der Waals surface area (Å²) in [7, 11) is 1.74. The van der Waals surface area contributed by atoms with Gasteiger partial charge in [0.1, 0.15) is 6.07 Å². The van der Waals surface area contributed by atoms with E-state index in [-0.39, 0.29) is 12.3 Å². The molecule has 5 nitrogen and oxygen atoms in total. The molecule has 2 aromatic rings. The third-order valence-corrected chi connectivity index (χ3v) is 2.52. The standard InChI is InChI=1S/C13H13N3O2/c1-16(7-8-17)13-11(9-14)15-12(18-13)10-5-3-2-4-6-10/h2-6,17H,7-8H2,1H3. The van der Waals surface area contributed by atoms with Crippen molar-refractivity contribution in [2.75, 3.05) is 25.1 Å². The summed E-state index contributed by atoms with van der Waals surface area (Å²) in [6, 6.07) is 11.4. The average molecular weight is 243 g/mol. The summed E-state index contributed by atoms with van der Waals surface area (Å²) in [5.41, 5.74) is 1.04. The summed E-state index contributed by atoms with van der Waals surface area (Å²) in [5, 5.41) is 17.9. The molecular formula is C13H13N3O2. The van der Waals surface area contributed by atoms with Gasteiger partial charge >= 0.3 is 0 Å². The molecule has 0 amide bonds. The number of hydrogen-bond acceptors (Lipinski definition) is 5. The maximum atomic E-state index is 9.03. The first-order chi connectivity index (χ1) is 8.76. The highest BCUT2D eigenvalue weighted by molar-refractivity contribution is 5.59. The fourth-order valence-corrected chi connectivity index (χ4v) is 1.60. The lowest BCUT2D eigenvalue weighted by molar-refractivity contribution is 0.302. The normalized spacial score (nSPS) is 10.1. The zero-order valence-electron chi connectivity index (χ0n) is 10.00. The van der Waals surface area contributed by atoms with Crippen LogP contribution in [0.15, 0.2) is 34.7 Å². The van der Waals surface area contributed by atoms with Crippen molar-refractivity contribution < 1.29 is 9.52 Å². The molecule has 18 heavy (non-hydrogen) atoms. The van der Waals surface area contributed by atoms with E-state index >= 15 is 0 Å². The predicted octanol–water partition coefficient (Wildman–Crippen LogP) is 1.64. The second-order valence-electron chi connectivity index (χ2n) is 3.80. The van der Waals surface area contributed by atoms with Gasteiger partial charge in [0, 0.05) is 19.2 Å². The van der Waals surface area contributed by atoms with Crippen LogP contribution in [0.4, 0.5) is 5.88 Å². The molecule has 1 N–H and O–H groups in total. The maximum absolute atomic E-state index is 9.03. The molecule has 0 spiro atoms. The third-order valence-electron chi connectivity index (χ3n) is 2.52. The van der Waals surface area contributed by atoms with Gasteiger partial charge in [0.15, 0.2) is 0 Å². The van der Waals surface area contributed by atoms with Gasteiger partial charge in [0.05, 0.1) is 6.61 Å². The highest BCUT2D eigenvalue weighted by Crippen LogP contribution is 2.26. The van der Waals surface area contributed by atoms with Crippen LogP contribution in [0.2, 0.25) is 0 Å². The molecule has 0 bridgehead atoms. The Labute approximate surface area is 105 Å². The zero-order valence-corrected chi connectivity index (χ0v) is 10.00. The van der Waals surface area contributed by atoms with E-state index in [1.165, 1.54) is 0 Å². The number of oxazole rings is 1. The van der Waals surface area contributed by atoms with Crippen LogP contribution >= 0.6 is 0 Å². The van der Waals surface area contributed by atoms with Crippen LogP contribution in [0, 0.1) is 11.3 Å². The lowest BCUT2D eigenvalue weighted by Gasteiger charge is -2.13. The molecule has 0 aliphatic rings. The van der Waals surface area contributed by atoms with E-state index in [0.717, 1.165) is 5.56 Å². The van der Waals surface area contributed by atoms with E-state index in [1.54, 1.807) is 11.9 Å². The molecule has 0 atom stereocenters. The number of nitriles is 1. The second-order valence-corrected chi connectivity index (χ2v) is 3.80. The van der Waals surface area contributed by atoms with Gasteiger partial charge in [-0.25, -0.2) is 0 Å². The van der Waals surface area contributed by atoms with Gasteiger partial charge in [0.2, 0.25) is 17.5 Å². The molecular weight excluding hydrogens is 230 g/mol. The molecule has 0 unspecified atom stereocenters. The Morgan fingerprint density at radius 3 is 2.72 bits per heavy atom. The van der Waals surface area contributed by atoms with Crippen molar-refractivity contribution in [1.82, 2.24) is 4.98 Å². The van der Waals surface area contributed by atoms with E-state index in [1.807, 2.05) is 36.4 Å². The molecule has 1 aromatic carbocycles. The molecule has 1 aromatic heterocycles. The van der Waals surface area contributed by atoms with Crippen molar-refractivity contribution in [2.24, 2.45) is 0 Å². The minimum Gasteiger partial charge on any atom is -0.419 e. The molecule has 92 valence electrons. The number of rotatable bonds is 4. The van der Waals surface area contributed by atoms with Crippen LogP contribution in [0.5, 0.6) is 0 Å². The van der Waals surface area contributed by atoms with Gasteiger partial charge in [-0.05, 0) is 12.1 Å². The first kappa shape index (κ1) is 12.1. The van der Waals surface area contributed by atoms with Crippen molar-refractivity contribution in [3.8, 4) is 17.5 Å². The quantitative estimate of drug-likeness (QED) is 0.883. The Balaban J connectivity index is 2.39. The van der Waals surface area contributed by atoms with Gasteiger partial charge < -0.3 is 14.4 Å². The van der Waals surface area contributed by atoms with E-state index in [4.69, 9.17) is 14.8 Å². The fraction of sp³-hybridized carbons (Fsp3) is 0.231. The summed E-state index contributed by atoms with van der Waals surface area (Å²) in [5.74, 6) is 0.789.